The molecule has 0 spiro atoms. The lowest BCUT2D eigenvalue weighted by atomic mass is 10.1. The van der Waals surface area contributed by atoms with Crippen LogP contribution < -0.4 is 5.32 Å². The molecule has 1 aromatic carbocycles. The van der Waals surface area contributed by atoms with Crippen LogP contribution in [-0.4, -0.2) is 30.1 Å². The molecule has 1 fully saturated rings. The molecule has 4 heteroatoms. The average Bonchev–Trinajstić information content (AvgIpc) is 2.93. The molecule has 100 valence electrons. The lowest BCUT2D eigenvalue weighted by Gasteiger charge is -2.22. The number of nitrogens with one attached hydrogen (secondary N) is 2. The average molecular weight is 258 g/mol. The van der Waals surface area contributed by atoms with Gasteiger partial charge in [0.05, 0.1) is 6.10 Å². The van der Waals surface area contributed by atoms with Crippen molar-refractivity contribution in [1.29, 1.82) is 0 Å². The van der Waals surface area contributed by atoms with Crippen LogP contribution in [-0.2, 0) is 4.74 Å². The largest absolute Gasteiger partial charge is 0.376 e. The molecule has 1 saturated heterocycles. The molecule has 2 heterocycles. The maximum atomic E-state index is 12.1. The first-order valence-corrected chi connectivity index (χ1v) is 6.80. The number of amides is 1. The van der Waals surface area contributed by atoms with Crippen LogP contribution in [0.1, 0.15) is 29.6 Å². The van der Waals surface area contributed by atoms with Gasteiger partial charge in [-0.25, -0.2) is 0 Å². The molecular formula is C15H18N2O2. The predicted molar refractivity (Wildman–Crippen MR) is 74.2 cm³/mol. The van der Waals surface area contributed by atoms with Crippen LogP contribution in [0.25, 0.3) is 10.9 Å². The van der Waals surface area contributed by atoms with Crippen LogP contribution in [0.3, 0.4) is 0 Å². The maximum absolute atomic E-state index is 12.1. The molecule has 1 aromatic heterocycles. The van der Waals surface area contributed by atoms with Gasteiger partial charge in [-0.1, -0.05) is 0 Å². The number of aromatic nitrogens is 1. The first kappa shape index (κ1) is 12.2. The first-order chi connectivity index (χ1) is 9.33. The monoisotopic (exact) mass is 258 g/mol. The highest BCUT2D eigenvalue weighted by molar-refractivity contribution is 5.98. The Morgan fingerprint density at radius 1 is 1.37 bits per heavy atom. The number of hydrogen-bond acceptors (Lipinski definition) is 2. The number of ether oxygens (including phenoxy) is 1. The van der Waals surface area contributed by atoms with Crippen molar-refractivity contribution in [2.75, 3.05) is 13.2 Å². The lowest BCUT2D eigenvalue weighted by molar-refractivity contribution is 0.0169. The predicted octanol–water partition coefficient (Wildman–Crippen LogP) is 2.47. The number of fused-ring (bicyclic) bond motifs is 1. The van der Waals surface area contributed by atoms with Crippen LogP contribution in [0.5, 0.6) is 0 Å². The molecule has 1 unspecified atom stereocenters. The third-order valence-electron chi connectivity index (χ3n) is 3.58. The molecule has 1 aliphatic rings. The highest BCUT2D eigenvalue weighted by Gasteiger charge is 2.15. The molecule has 0 saturated carbocycles. The summed E-state index contributed by atoms with van der Waals surface area (Å²) in [6, 6.07) is 7.65. The van der Waals surface area contributed by atoms with Gasteiger partial charge >= 0.3 is 0 Å². The minimum atomic E-state index is -0.0303. The smallest absolute Gasteiger partial charge is 0.251 e. The van der Waals surface area contributed by atoms with Gasteiger partial charge in [-0.2, -0.15) is 0 Å². The summed E-state index contributed by atoms with van der Waals surface area (Å²) in [5.74, 6) is -0.0303. The summed E-state index contributed by atoms with van der Waals surface area (Å²) in [6.45, 7) is 1.42. The zero-order valence-corrected chi connectivity index (χ0v) is 10.8. The molecule has 0 radical (unpaired) electrons. The van der Waals surface area contributed by atoms with Gasteiger partial charge in [0.1, 0.15) is 0 Å². The standard InChI is InChI=1S/C15H18N2O2/c18-15(17-10-13-3-1-2-8-19-13)12-4-5-14-11(9-12)6-7-16-14/h4-7,9,13,16H,1-3,8,10H2,(H,17,18). The second-order valence-electron chi connectivity index (χ2n) is 4.98. The molecule has 19 heavy (non-hydrogen) atoms. The molecular weight excluding hydrogens is 240 g/mol. The Hall–Kier alpha value is -1.81. The Kier molecular flexibility index (Phi) is 3.51. The van der Waals surface area contributed by atoms with Crippen molar-refractivity contribution < 1.29 is 9.53 Å². The molecule has 2 N–H and O–H groups in total. The minimum absolute atomic E-state index is 0.0303. The molecule has 4 nitrogen and oxygen atoms in total. The van der Waals surface area contributed by atoms with Gasteiger partial charge in [0.25, 0.3) is 5.91 Å². The van der Waals surface area contributed by atoms with Crippen molar-refractivity contribution >= 4 is 16.8 Å². The Labute approximate surface area is 112 Å². The van der Waals surface area contributed by atoms with E-state index in [4.69, 9.17) is 4.74 Å². The summed E-state index contributed by atoms with van der Waals surface area (Å²) >= 11 is 0. The van der Waals surface area contributed by atoms with E-state index < -0.39 is 0 Å². The Morgan fingerprint density at radius 3 is 3.16 bits per heavy atom. The van der Waals surface area contributed by atoms with Gasteiger partial charge in [0.15, 0.2) is 0 Å². The number of hydrogen-bond donors (Lipinski definition) is 2. The summed E-state index contributed by atoms with van der Waals surface area (Å²) in [5.41, 5.74) is 1.75. The van der Waals surface area contributed by atoms with Gasteiger partial charge < -0.3 is 15.0 Å². The topological polar surface area (TPSA) is 54.1 Å². The number of carbonyl (C=O) groups is 1. The summed E-state index contributed by atoms with van der Waals surface area (Å²) in [7, 11) is 0. The number of rotatable bonds is 3. The van der Waals surface area contributed by atoms with Crippen molar-refractivity contribution in [1.82, 2.24) is 10.3 Å². The van der Waals surface area contributed by atoms with Crippen molar-refractivity contribution in [2.45, 2.75) is 25.4 Å². The highest BCUT2D eigenvalue weighted by atomic mass is 16.5. The van der Waals surface area contributed by atoms with Crippen LogP contribution in [0.2, 0.25) is 0 Å². The number of H-pyrrole nitrogens is 1. The van der Waals surface area contributed by atoms with Gasteiger partial charge in [0, 0.05) is 35.8 Å². The molecule has 1 aliphatic heterocycles. The Bertz CT molecular complexity index is 570. The van der Waals surface area contributed by atoms with Gasteiger partial charge in [0.2, 0.25) is 0 Å². The van der Waals surface area contributed by atoms with Crippen LogP contribution in [0.4, 0.5) is 0 Å². The Balaban J connectivity index is 1.62. The lowest BCUT2D eigenvalue weighted by Crippen LogP contribution is -2.35. The van der Waals surface area contributed by atoms with E-state index in [0.717, 1.165) is 30.4 Å². The Morgan fingerprint density at radius 2 is 2.32 bits per heavy atom. The highest BCUT2D eigenvalue weighted by Crippen LogP contribution is 2.15. The van der Waals surface area contributed by atoms with Crippen LogP contribution >= 0.6 is 0 Å². The normalized spacial score (nSPS) is 19.5. The van der Waals surface area contributed by atoms with E-state index in [9.17, 15) is 4.79 Å². The molecule has 1 amide bonds. The van der Waals surface area contributed by atoms with E-state index in [1.54, 1.807) is 0 Å². The maximum Gasteiger partial charge on any atom is 0.251 e. The molecule has 1 atom stereocenters. The van der Waals surface area contributed by atoms with Gasteiger partial charge in [-0.15, -0.1) is 0 Å². The second-order valence-corrected chi connectivity index (χ2v) is 4.98. The summed E-state index contributed by atoms with van der Waals surface area (Å²) < 4.78 is 5.60. The van der Waals surface area contributed by atoms with Crippen molar-refractivity contribution in [2.24, 2.45) is 0 Å². The van der Waals surface area contributed by atoms with E-state index in [0.29, 0.717) is 12.1 Å². The molecule has 2 aromatic rings. The first-order valence-electron chi connectivity index (χ1n) is 6.80. The van der Waals surface area contributed by atoms with E-state index in [2.05, 4.69) is 10.3 Å². The zero-order chi connectivity index (χ0) is 13.1. The number of carbonyl (C=O) groups excluding carboxylic acids is 1. The molecule has 0 aliphatic carbocycles. The van der Waals surface area contributed by atoms with E-state index in [-0.39, 0.29) is 12.0 Å². The van der Waals surface area contributed by atoms with Gasteiger partial charge in [-0.05, 0) is 43.5 Å². The van der Waals surface area contributed by atoms with Crippen LogP contribution in [0.15, 0.2) is 30.5 Å². The fourth-order valence-corrected chi connectivity index (χ4v) is 2.47. The van der Waals surface area contributed by atoms with Crippen LogP contribution in [0, 0.1) is 0 Å². The second kappa shape index (κ2) is 5.45. The van der Waals surface area contributed by atoms with E-state index in [1.165, 1.54) is 6.42 Å². The fraction of sp³-hybridized carbons (Fsp3) is 0.400. The quantitative estimate of drug-likeness (QED) is 0.888. The SMILES string of the molecule is O=C(NCC1CCCCO1)c1ccc2[nH]ccc2c1. The van der Waals surface area contributed by atoms with Gasteiger partial charge in [-0.3, -0.25) is 4.79 Å². The summed E-state index contributed by atoms with van der Waals surface area (Å²) in [5, 5.41) is 4.01. The third kappa shape index (κ3) is 2.79. The van der Waals surface area contributed by atoms with E-state index in [1.807, 2.05) is 30.5 Å². The minimum Gasteiger partial charge on any atom is -0.376 e. The van der Waals surface area contributed by atoms with Crippen molar-refractivity contribution in [3.05, 3.63) is 36.0 Å². The summed E-state index contributed by atoms with van der Waals surface area (Å²) in [6.07, 6.45) is 5.41. The summed E-state index contributed by atoms with van der Waals surface area (Å²) in [4.78, 5) is 15.2. The van der Waals surface area contributed by atoms with Crippen molar-refractivity contribution in [3.8, 4) is 0 Å². The number of benzene rings is 1. The molecule has 0 bridgehead atoms. The fourth-order valence-electron chi connectivity index (χ4n) is 2.47. The van der Waals surface area contributed by atoms with Crippen molar-refractivity contribution in [3.63, 3.8) is 0 Å². The zero-order valence-electron chi connectivity index (χ0n) is 10.8. The number of aromatic amines is 1. The molecule has 3 rings (SSSR count). The third-order valence-corrected chi connectivity index (χ3v) is 3.58. The van der Waals surface area contributed by atoms with E-state index >= 15 is 0 Å².